The van der Waals surface area contributed by atoms with Crippen LogP contribution in [0, 0.1) is 17.3 Å². The van der Waals surface area contributed by atoms with E-state index < -0.39 is 23.2 Å². The lowest BCUT2D eigenvalue weighted by atomic mass is 10.1. The average molecular weight is 318 g/mol. The molecule has 0 spiro atoms. The molecule has 2 N–H and O–H groups in total. The van der Waals surface area contributed by atoms with Gasteiger partial charge in [-0.15, -0.1) is 0 Å². The quantitative estimate of drug-likeness (QED) is 0.863. The van der Waals surface area contributed by atoms with Crippen molar-refractivity contribution in [1.82, 2.24) is 4.90 Å². The Balaban J connectivity index is 2.05. The van der Waals surface area contributed by atoms with Gasteiger partial charge in [0.2, 0.25) is 11.8 Å². The van der Waals surface area contributed by atoms with Crippen LogP contribution in [-0.2, 0) is 20.8 Å². The highest BCUT2D eigenvalue weighted by Crippen LogP contribution is 2.58. The van der Waals surface area contributed by atoms with Crippen LogP contribution in [0.15, 0.2) is 24.3 Å². The van der Waals surface area contributed by atoms with Gasteiger partial charge in [-0.25, -0.2) is 0 Å². The van der Waals surface area contributed by atoms with E-state index in [9.17, 15) is 14.4 Å². The predicted molar refractivity (Wildman–Crippen MR) is 85.9 cm³/mol. The number of rotatable bonds is 5. The van der Waals surface area contributed by atoms with Gasteiger partial charge in [-0.05, 0) is 23.1 Å². The molecule has 6 nitrogen and oxygen atoms in total. The van der Waals surface area contributed by atoms with Crippen molar-refractivity contribution in [3.8, 4) is 0 Å². The van der Waals surface area contributed by atoms with Crippen molar-refractivity contribution in [1.29, 1.82) is 0 Å². The Morgan fingerprint density at radius 1 is 1.22 bits per heavy atom. The van der Waals surface area contributed by atoms with Gasteiger partial charge in [0.25, 0.3) is 0 Å². The van der Waals surface area contributed by atoms with Crippen molar-refractivity contribution in [3.05, 3.63) is 29.8 Å². The zero-order valence-corrected chi connectivity index (χ0v) is 13.8. The minimum Gasteiger partial charge on any atom is -0.481 e. The first kappa shape index (κ1) is 17.0. The average Bonchev–Trinajstić information content (AvgIpc) is 3.02. The molecule has 1 aliphatic rings. The molecule has 1 aromatic rings. The fourth-order valence-corrected chi connectivity index (χ4v) is 2.90. The third kappa shape index (κ3) is 3.52. The van der Waals surface area contributed by atoms with Gasteiger partial charge >= 0.3 is 5.97 Å². The Kier molecular flexibility index (Phi) is 4.45. The molecule has 1 aromatic carbocycles. The molecule has 0 aromatic heterocycles. The topological polar surface area (TPSA) is 86.7 Å². The molecule has 6 heteroatoms. The van der Waals surface area contributed by atoms with Crippen molar-refractivity contribution < 1.29 is 19.5 Å². The maximum absolute atomic E-state index is 12.3. The summed E-state index contributed by atoms with van der Waals surface area (Å²) in [6.45, 7) is 3.56. The summed E-state index contributed by atoms with van der Waals surface area (Å²) in [6, 6.07) is 7.05. The minimum atomic E-state index is -0.944. The van der Waals surface area contributed by atoms with Crippen molar-refractivity contribution >= 4 is 23.5 Å². The van der Waals surface area contributed by atoms with Crippen molar-refractivity contribution in [2.75, 3.05) is 19.4 Å². The molecule has 2 rings (SSSR count). The normalized spacial score (nSPS) is 21.4. The van der Waals surface area contributed by atoms with Crippen LogP contribution in [0.25, 0.3) is 0 Å². The summed E-state index contributed by atoms with van der Waals surface area (Å²) < 4.78 is 0. The number of hydrogen-bond acceptors (Lipinski definition) is 3. The molecule has 0 saturated heterocycles. The van der Waals surface area contributed by atoms with Crippen molar-refractivity contribution in [3.63, 3.8) is 0 Å². The lowest BCUT2D eigenvalue weighted by Crippen LogP contribution is -2.23. The van der Waals surface area contributed by atoms with Crippen LogP contribution in [0.4, 0.5) is 5.69 Å². The largest absolute Gasteiger partial charge is 0.481 e. The van der Waals surface area contributed by atoms with E-state index in [1.165, 1.54) is 4.90 Å². The van der Waals surface area contributed by atoms with Crippen LogP contribution in [0.3, 0.4) is 0 Å². The highest BCUT2D eigenvalue weighted by molar-refractivity contribution is 5.99. The SMILES string of the molecule is CN(C)C(=O)Cc1cccc(NC(=O)C2C(C(=O)O)C2(C)C)c1. The van der Waals surface area contributed by atoms with Crippen LogP contribution in [0.1, 0.15) is 19.4 Å². The molecule has 1 aliphatic carbocycles. The van der Waals surface area contributed by atoms with Gasteiger partial charge in [0.05, 0.1) is 18.3 Å². The maximum atomic E-state index is 12.3. The number of likely N-dealkylation sites (N-methyl/N-ethyl adjacent to an activating group) is 1. The second-order valence-electron chi connectivity index (χ2n) is 6.77. The Morgan fingerprint density at radius 2 is 1.87 bits per heavy atom. The van der Waals surface area contributed by atoms with Crippen LogP contribution in [-0.4, -0.2) is 41.9 Å². The Hall–Kier alpha value is -2.37. The Bertz CT molecular complexity index is 652. The lowest BCUT2D eigenvalue weighted by Gasteiger charge is -2.11. The summed E-state index contributed by atoms with van der Waals surface area (Å²) >= 11 is 0. The highest BCUT2D eigenvalue weighted by atomic mass is 16.4. The van der Waals surface area contributed by atoms with Gasteiger partial charge in [0.15, 0.2) is 0 Å². The molecular formula is C17H22N2O4. The van der Waals surface area contributed by atoms with E-state index in [4.69, 9.17) is 5.11 Å². The molecule has 23 heavy (non-hydrogen) atoms. The van der Waals surface area contributed by atoms with Crippen molar-refractivity contribution in [2.45, 2.75) is 20.3 Å². The zero-order chi connectivity index (χ0) is 17.4. The first-order chi connectivity index (χ1) is 10.6. The molecule has 2 amide bonds. The van der Waals surface area contributed by atoms with Gasteiger partial charge in [-0.1, -0.05) is 26.0 Å². The molecule has 0 bridgehead atoms. The molecule has 2 atom stereocenters. The van der Waals surface area contributed by atoms with Gasteiger partial charge in [0.1, 0.15) is 0 Å². The molecule has 2 unspecified atom stereocenters. The monoisotopic (exact) mass is 318 g/mol. The fourth-order valence-electron chi connectivity index (χ4n) is 2.90. The zero-order valence-electron chi connectivity index (χ0n) is 13.8. The summed E-state index contributed by atoms with van der Waals surface area (Å²) in [6.07, 6.45) is 0.253. The Labute approximate surface area is 135 Å². The number of hydrogen-bond donors (Lipinski definition) is 2. The van der Waals surface area contributed by atoms with E-state index >= 15 is 0 Å². The number of carboxylic acid groups (broad SMARTS) is 1. The van der Waals surface area contributed by atoms with Gasteiger partial charge in [-0.2, -0.15) is 0 Å². The van der Waals surface area contributed by atoms with Crippen LogP contribution >= 0.6 is 0 Å². The van der Waals surface area contributed by atoms with Crippen LogP contribution in [0.5, 0.6) is 0 Å². The molecule has 0 aliphatic heterocycles. The van der Waals surface area contributed by atoms with Gasteiger partial charge in [-0.3, -0.25) is 14.4 Å². The van der Waals surface area contributed by atoms with E-state index in [2.05, 4.69) is 5.32 Å². The fraction of sp³-hybridized carbons (Fsp3) is 0.471. The molecule has 1 saturated carbocycles. The first-order valence-corrected chi connectivity index (χ1v) is 7.47. The number of benzene rings is 1. The van der Waals surface area contributed by atoms with Crippen molar-refractivity contribution in [2.24, 2.45) is 17.3 Å². The molecule has 0 radical (unpaired) electrons. The number of carboxylic acids is 1. The van der Waals surface area contributed by atoms with Gasteiger partial charge in [0, 0.05) is 19.8 Å². The lowest BCUT2D eigenvalue weighted by molar-refractivity contribution is -0.140. The third-order valence-corrected chi connectivity index (χ3v) is 4.42. The Morgan fingerprint density at radius 3 is 2.39 bits per heavy atom. The summed E-state index contributed by atoms with van der Waals surface area (Å²) in [7, 11) is 3.38. The summed E-state index contributed by atoms with van der Waals surface area (Å²) in [5, 5.41) is 11.9. The number of carbonyl (C=O) groups excluding carboxylic acids is 2. The second-order valence-corrected chi connectivity index (χ2v) is 6.77. The molecular weight excluding hydrogens is 296 g/mol. The molecule has 1 fully saturated rings. The van der Waals surface area contributed by atoms with E-state index in [-0.39, 0.29) is 18.2 Å². The van der Waals surface area contributed by atoms with Gasteiger partial charge < -0.3 is 15.3 Å². The van der Waals surface area contributed by atoms with Crippen LogP contribution in [0.2, 0.25) is 0 Å². The van der Waals surface area contributed by atoms with E-state index in [0.29, 0.717) is 5.69 Å². The predicted octanol–water partition coefficient (Wildman–Crippen LogP) is 1.61. The molecule has 124 valence electrons. The minimum absolute atomic E-state index is 0.0252. The van der Waals surface area contributed by atoms with E-state index in [0.717, 1.165) is 5.56 Å². The summed E-state index contributed by atoms with van der Waals surface area (Å²) in [4.78, 5) is 36.7. The number of aliphatic carboxylic acids is 1. The number of carbonyl (C=O) groups is 3. The maximum Gasteiger partial charge on any atom is 0.307 e. The summed E-state index contributed by atoms with van der Waals surface area (Å²) in [5.41, 5.74) is 0.839. The number of amides is 2. The first-order valence-electron chi connectivity index (χ1n) is 7.47. The smallest absolute Gasteiger partial charge is 0.307 e. The third-order valence-electron chi connectivity index (χ3n) is 4.42. The highest BCUT2D eigenvalue weighted by Gasteiger charge is 2.65. The molecule has 0 heterocycles. The number of anilines is 1. The number of nitrogens with one attached hydrogen (secondary N) is 1. The standard InChI is InChI=1S/C17H22N2O4/c1-17(2)13(14(17)16(22)23)15(21)18-11-7-5-6-10(8-11)9-12(20)19(3)4/h5-8,13-14H,9H2,1-4H3,(H,18,21)(H,22,23). The van der Waals surface area contributed by atoms with Crippen LogP contribution < -0.4 is 5.32 Å². The number of nitrogens with zero attached hydrogens (tertiary/aromatic N) is 1. The second kappa shape index (κ2) is 6.02. The summed E-state index contributed by atoms with van der Waals surface area (Å²) in [5.74, 6) is -2.45. The van der Waals surface area contributed by atoms with E-state index in [1.807, 2.05) is 6.07 Å². The van der Waals surface area contributed by atoms with E-state index in [1.54, 1.807) is 46.1 Å².